The van der Waals surface area contributed by atoms with Gasteiger partial charge in [-0.25, -0.2) is 4.39 Å². The Morgan fingerprint density at radius 3 is 2.35 bits per heavy atom. The largest absolute Gasteiger partial charge is 0.370 e. The smallest absolute Gasteiger partial charge is 0.247 e. The molecule has 3 rings (SSSR count). The van der Waals surface area contributed by atoms with E-state index in [4.69, 9.17) is 0 Å². The van der Waals surface area contributed by atoms with Crippen molar-refractivity contribution in [2.45, 2.75) is 38.3 Å². The molecule has 1 amide bonds. The molecule has 1 fully saturated rings. The van der Waals surface area contributed by atoms with Crippen LogP contribution >= 0.6 is 0 Å². The first-order chi connectivity index (χ1) is 11.2. The first-order valence-electron chi connectivity index (χ1n) is 8.07. The molecular weight excluding hydrogens is 291 g/mol. The first-order valence-corrected chi connectivity index (χ1v) is 8.07. The van der Waals surface area contributed by atoms with Crippen molar-refractivity contribution in [1.82, 2.24) is 5.32 Å². The molecule has 23 heavy (non-hydrogen) atoms. The third-order valence-corrected chi connectivity index (χ3v) is 4.06. The Balaban J connectivity index is 1.80. The summed E-state index contributed by atoms with van der Waals surface area (Å²) in [5, 5.41) is 6.28. The highest BCUT2D eigenvalue weighted by atomic mass is 19.1. The van der Waals surface area contributed by atoms with Gasteiger partial charge in [-0.2, -0.15) is 0 Å². The van der Waals surface area contributed by atoms with E-state index in [1.54, 1.807) is 12.1 Å². The zero-order valence-electron chi connectivity index (χ0n) is 13.2. The van der Waals surface area contributed by atoms with E-state index in [0.29, 0.717) is 0 Å². The number of anilines is 1. The summed E-state index contributed by atoms with van der Waals surface area (Å²) < 4.78 is 13.2. The van der Waals surface area contributed by atoms with Crippen LogP contribution in [0.3, 0.4) is 0 Å². The second-order valence-electron chi connectivity index (χ2n) is 5.96. The molecule has 0 aliphatic heterocycles. The molecule has 2 N–H and O–H groups in total. The van der Waals surface area contributed by atoms with Gasteiger partial charge in [-0.15, -0.1) is 0 Å². The van der Waals surface area contributed by atoms with E-state index in [-0.39, 0.29) is 17.8 Å². The molecule has 0 saturated heterocycles. The van der Waals surface area contributed by atoms with Crippen LogP contribution < -0.4 is 10.6 Å². The van der Waals surface area contributed by atoms with E-state index in [1.165, 1.54) is 17.7 Å². The standard InChI is InChI=1S/C19H21FN2O/c1-2-13-3-9-16(10-4-13)21-18(19(23)22-17-11-12-17)14-5-7-15(20)8-6-14/h3-10,17-18,21H,2,11-12H2,1H3,(H,22,23)/t18-/m0/s1. The molecule has 1 aliphatic rings. The van der Waals surface area contributed by atoms with Crippen molar-refractivity contribution in [2.75, 3.05) is 5.32 Å². The molecular formula is C19H21FN2O. The fraction of sp³-hybridized carbons (Fsp3) is 0.316. The number of hydrogen-bond acceptors (Lipinski definition) is 2. The normalized spacial score (nSPS) is 15.0. The quantitative estimate of drug-likeness (QED) is 0.851. The van der Waals surface area contributed by atoms with Crippen LogP contribution in [-0.4, -0.2) is 11.9 Å². The van der Waals surface area contributed by atoms with E-state index in [1.807, 2.05) is 24.3 Å². The fourth-order valence-corrected chi connectivity index (χ4v) is 2.47. The van der Waals surface area contributed by atoms with Gasteiger partial charge in [0.2, 0.25) is 5.91 Å². The van der Waals surface area contributed by atoms with Crippen molar-refractivity contribution in [3.05, 3.63) is 65.5 Å². The third-order valence-electron chi connectivity index (χ3n) is 4.06. The molecule has 0 unspecified atom stereocenters. The van der Waals surface area contributed by atoms with Crippen LogP contribution in [0.25, 0.3) is 0 Å². The zero-order chi connectivity index (χ0) is 16.2. The Bertz CT molecular complexity index is 663. The number of halogens is 1. The molecule has 2 aromatic carbocycles. The van der Waals surface area contributed by atoms with E-state index in [2.05, 4.69) is 17.6 Å². The second-order valence-corrected chi connectivity index (χ2v) is 5.96. The van der Waals surface area contributed by atoms with Crippen molar-refractivity contribution >= 4 is 11.6 Å². The lowest BCUT2D eigenvalue weighted by Gasteiger charge is -2.20. The molecule has 4 heteroatoms. The number of carbonyl (C=O) groups is 1. The molecule has 2 aromatic rings. The number of rotatable bonds is 6. The number of hydrogen-bond donors (Lipinski definition) is 2. The molecule has 0 spiro atoms. The lowest BCUT2D eigenvalue weighted by Crippen LogP contribution is -2.34. The predicted octanol–water partition coefficient (Wildman–Crippen LogP) is 3.82. The van der Waals surface area contributed by atoms with Crippen LogP contribution in [0.2, 0.25) is 0 Å². The van der Waals surface area contributed by atoms with E-state index >= 15 is 0 Å². The van der Waals surface area contributed by atoms with Crippen LogP contribution in [0.1, 0.15) is 36.9 Å². The summed E-state index contributed by atoms with van der Waals surface area (Å²) in [4.78, 5) is 12.5. The van der Waals surface area contributed by atoms with Gasteiger partial charge in [0, 0.05) is 11.7 Å². The van der Waals surface area contributed by atoms with Crippen LogP contribution in [0.5, 0.6) is 0 Å². The Labute approximate surface area is 135 Å². The van der Waals surface area contributed by atoms with Crippen molar-refractivity contribution in [3.63, 3.8) is 0 Å². The summed E-state index contributed by atoms with van der Waals surface area (Å²) in [5.74, 6) is -0.374. The summed E-state index contributed by atoms with van der Waals surface area (Å²) >= 11 is 0. The van der Waals surface area contributed by atoms with Gasteiger partial charge in [0.1, 0.15) is 11.9 Å². The summed E-state index contributed by atoms with van der Waals surface area (Å²) in [5.41, 5.74) is 2.88. The van der Waals surface area contributed by atoms with E-state index < -0.39 is 6.04 Å². The van der Waals surface area contributed by atoms with Gasteiger partial charge in [0.25, 0.3) is 0 Å². The average Bonchev–Trinajstić information content (AvgIpc) is 3.38. The van der Waals surface area contributed by atoms with Crippen LogP contribution in [-0.2, 0) is 11.2 Å². The molecule has 120 valence electrons. The highest BCUT2D eigenvalue weighted by molar-refractivity contribution is 5.86. The van der Waals surface area contributed by atoms with Gasteiger partial charge in [-0.1, -0.05) is 31.2 Å². The minimum absolute atomic E-state index is 0.0707. The predicted molar refractivity (Wildman–Crippen MR) is 89.7 cm³/mol. The maximum absolute atomic E-state index is 13.2. The highest BCUT2D eigenvalue weighted by Gasteiger charge is 2.28. The molecule has 0 heterocycles. The maximum Gasteiger partial charge on any atom is 0.247 e. The average molecular weight is 312 g/mol. The first kappa shape index (κ1) is 15.5. The lowest BCUT2D eigenvalue weighted by molar-refractivity contribution is -0.122. The summed E-state index contributed by atoms with van der Waals surface area (Å²) in [6, 6.07) is 13.9. The monoisotopic (exact) mass is 312 g/mol. The molecule has 1 aliphatic carbocycles. The number of benzene rings is 2. The molecule has 3 nitrogen and oxygen atoms in total. The summed E-state index contributed by atoms with van der Waals surface area (Å²) in [6.45, 7) is 2.10. The topological polar surface area (TPSA) is 41.1 Å². The van der Waals surface area contributed by atoms with Gasteiger partial charge < -0.3 is 10.6 Å². The van der Waals surface area contributed by atoms with Crippen molar-refractivity contribution in [2.24, 2.45) is 0 Å². The van der Waals surface area contributed by atoms with Crippen molar-refractivity contribution in [1.29, 1.82) is 0 Å². The minimum Gasteiger partial charge on any atom is -0.370 e. The van der Waals surface area contributed by atoms with Gasteiger partial charge in [0.15, 0.2) is 0 Å². The SMILES string of the molecule is CCc1ccc(N[C@H](C(=O)NC2CC2)c2ccc(F)cc2)cc1. The van der Waals surface area contributed by atoms with Gasteiger partial charge in [0.05, 0.1) is 0 Å². The van der Waals surface area contributed by atoms with Crippen molar-refractivity contribution in [3.8, 4) is 0 Å². The summed E-state index contributed by atoms with van der Waals surface area (Å²) in [7, 11) is 0. The highest BCUT2D eigenvalue weighted by Crippen LogP contribution is 2.24. The zero-order valence-corrected chi connectivity index (χ0v) is 13.2. The molecule has 1 saturated carbocycles. The Morgan fingerprint density at radius 2 is 1.78 bits per heavy atom. The molecule has 0 bridgehead atoms. The van der Waals surface area contributed by atoms with Crippen molar-refractivity contribution < 1.29 is 9.18 Å². The molecule has 0 aromatic heterocycles. The Morgan fingerprint density at radius 1 is 1.13 bits per heavy atom. The maximum atomic E-state index is 13.2. The van der Waals surface area contributed by atoms with Crippen LogP contribution in [0.15, 0.2) is 48.5 Å². The van der Waals surface area contributed by atoms with Crippen LogP contribution in [0, 0.1) is 5.82 Å². The Hall–Kier alpha value is -2.36. The Kier molecular flexibility index (Phi) is 4.60. The number of carbonyl (C=O) groups excluding carboxylic acids is 1. The van der Waals surface area contributed by atoms with E-state index in [9.17, 15) is 9.18 Å². The lowest BCUT2D eigenvalue weighted by atomic mass is 10.0. The van der Waals surface area contributed by atoms with Gasteiger partial charge >= 0.3 is 0 Å². The van der Waals surface area contributed by atoms with E-state index in [0.717, 1.165) is 30.5 Å². The van der Waals surface area contributed by atoms with Gasteiger partial charge in [-0.3, -0.25) is 4.79 Å². The molecule has 1 atom stereocenters. The number of aryl methyl sites for hydroxylation is 1. The second kappa shape index (κ2) is 6.82. The van der Waals surface area contributed by atoms with Gasteiger partial charge in [-0.05, 0) is 54.7 Å². The third kappa shape index (κ3) is 4.09. The number of amides is 1. The number of nitrogens with one attached hydrogen (secondary N) is 2. The molecule has 0 radical (unpaired) electrons. The fourth-order valence-electron chi connectivity index (χ4n) is 2.47. The minimum atomic E-state index is -0.524. The summed E-state index contributed by atoms with van der Waals surface area (Å²) in [6.07, 6.45) is 3.05. The van der Waals surface area contributed by atoms with Crippen LogP contribution in [0.4, 0.5) is 10.1 Å².